The molecule has 1 unspecified atom stereocenters. The van der Waals surface area contributed by atoms with Gasteiger partial charge in [-0.2, -0.15) is 4.89 Å². The van der Waals surface area contributed by atoms with Crippen LogP contribution in [0.3, 0.4) is 0 Å². The maximum absolute atomic E-state index is 9.15. The fourth-order valence-electron chi connectivity index (χ4n) is 0.663. The van der Waals surface area contributed by atoms with Crippen molar-refractivity contribution in [3.8, 4) is 11.1 Å². The van der Waals surface area contributed by atoms with Gasteiger partial charge >= 0.3 is 8.03 Å². The van der Waals surface area contributed by atoms with Crippen molar-refractivity contribution in [2.24, 2.45) is 0 Å². The van der Waals surface area contributed by atoms with Gasteiger partial charge in [-0.25, -0.2) is 0 Å². The molecule has 1 N–H and O–H groups in total. The monoisotopic (exact) mass is 155 g/mol. The Morgan fingerprint density at radius 3 is 1.40 bits per heavy atom. The number of hydrogen-bond acceptors (Lipinski definition) is 1. The van der Waals surface area contributed by atoms with Gasteiger partial charge in [-0.3, -0.25) is 0 Å². The van der Waals surface area contributed by atoms with Gasteiger partial charge < -0.3 is 0 Å². The van der Waals surface area contributed by atoms with Gasteiger partial charge in [-0.05, 0) is 15.7 Å². The van der Waals surface area contributed by atoms with Gasteiger partial charge in [0.1, 0.15) is 0 Å². The van der Waals surface area contributed by atoms with Gasteiger partial charge in [0.2, 0.25) is 0 Å². The molecule has 52 valence electrons. The lowest BCUT2D eigenvalue weighted by Crippen LogP contribution is -1.85. The fraction of sp³-hybridized carbons (Fsp3) is 0.143. The normalized spacial score (nSPS) is 11.2. The summed E-state index contributed by atoms with van der Waals surface area (Å²) in [6.07, 6.45) is 0. The van der Waals surface area contributed by atoms with E-state index < -0.39 is 8.03 Å². The SMILES string of the molecule is C[P+](=O)O.c1cc2ccc1-2. The van der Waals surface area contributed by atoms with Crippen LogP contribution in [0.4, 0.5) is 0 Å². The summed E-state index contributed by atoms with van der Waals surface area (Å²) in [5.74, 6) is 0. The highest BCUT2D eigenvalue weighted by Gasteiger charge is 2.03. The van der Waals surface area contributed by atoms with E-state index >= 15 is 0 Å². The molecule has 0 fully saturated rings. The largest absolute Gasteiger partial charge is 0.502 e. The molecule has 10 heavy (non-hydrogen) atoms. The molecular formula is C7H8O2P+. The Morgan fingerprint density at radius 1 is 1.20 bits per heavy atom. The summed E-state index contributed by atoms with van der Waals surface area (Å²) in [6.45, 7) is 1.23. The van der Waals surface area contributed by atoms with Crippen LogP contribution in [0, 0.1) is 0 Å². The Kier molecular flexibility index (Phi) is 2.15. The van der Waals surface area contributed by atoms with Gasteiger partial charge in [0, 0.05) is 0 Å². The smallest absolute Gasteiger partial charge is 0.161 e. The van der Waals surface area contributed by atoms with Gasteiger partial charge in [-0.15, -0.1) is 0 Å². The Bertz CT molecular complexity index is 215. The second kappa shape index (κ2) is 2.91. The molecule has 2 nitrogen and oxygen atoms in total. The first-order chi connectivity index (χ1) is 4.70. The third-order valence-electron chi connectivity index (χ3n) is 1.22. The highest BCUT2D eigenvalue weighted by Crippen LogP contribution is 2.29. The topological polar surface area (TPSA) is 37.3 Å². The zero-order valence-corrected chi connectivity index (χ0v) is 6.51. The van der Waals surface area contributed by atoms with Crippen molar-refractivity contribution in [1.29, 1.82) is 0 Å². The maximum Gasteiger partial charge on any atom is 0.502 e. The fourth-order valence-corrected chi connectivity index (χ4v) is 0.663. The second-order valence-electron chi connectivity index (χ2n) is 2.04. The first-order valence-corrected chi connectivity index (χ1v) is 4.56. The van der Waals surface area contributed by atoms with E-state index in [1.807, 2.05) is 0 Å². The van der Waals surface area contributed by atoms with Crippen LogP contribution < -0.4 is 0 Å². The van der Waals surface area contributed by atoms with Crippen molar-refractivity contribution in [2.75, 3.05) is 6.66 Å². The number of fused-ring (bicyclic) bond motifs is 1. The molecule has 2 rings (SSSR count). The van der Waals surface area contributed by atoms with Crippen molar-refractivity contribution < 1.29 is 9.46 Å². The van der Waals surface area contributed by atoms with Crippen LogP contribution in [0.25, 0.3) is 11.1 Å². The van der Waals surface area contributed by atoms with E-state index in [0.717, 1.165) is 0 Å². The standard InChI is InChI=1S/C6H4.CH3O2P/c1-2-6-4-3-5(1)6;1-4(2)3/h1-4H;1H3/p+1. The van der Waals surface area contributed by atoms with E-state index in [1.165, 1.54) is 17.8 Å². The van der Waals surface area contributed by atoms with Crippen molar-refractivity contribution in [3.63, 3.8) is 0 Å². The predicted molar refractivity (Wildman–Crippen MR) is 41.2 cm³/mol. The van der Waals surface area contributed by atoms with Crippen LogP contribution >= 0.6 is 8.03 Å². The zero-order valence-electron chi connectivity index (χ0n) is 5.61. The molecule has 2 aliphatic carbocycles. The Balaban J connectivity index is 0.000000112. The van der Waals surface area contributed by atoms with Crippen molar-refractivity contribution in [2.45, 2.75) is 0 Å². The highest BCUT2D eigenvalue weighted by molar-refractivity contribution is 7.36. The summed E-state index contributed by atoms with van der Waals surface area (Å²) in [5, 5.41) is 0. The summed E-state index contributed by atoms with van der Waals surface area (Å²) >= 11 is 0. The second-order valence-corrected chi connectivity index (χ2v) is 2.97. The summed E-state index contributed by atoms with van der Waals surface area (Å²) in [4.78, 5) is 7.56. The van der Waals surface area contributed by atoms with Gasteiger partial charge in [-0.1, -0.05) is 24.3 Å². The molecule has 0 amide bonds. The molecule has 0 saturated carbocycles. The molecule has 0 saturated heterocycles. The van der Waals surface area contributed by atoms with E-state index in [1.54, 1.807) is 0 Å². The van der Waals surface area contributed by atoms with Crippen LogP contribution in [0.1, 0.15) is 0 Å². The minimum absolute atomic E-state index is 1.23. The minimum Gasteiger partial charge on any atom is -0.161 e. The van der Waals surface area contributed by atoms with Gasteiger partial charge in [0.05, 0.1) is 0 Å². The molecule has 0 spiro atoms. The lowest BCUT2D eigenvalue weighted by molar-refractivity contribution is 0.509. The molecule has 3 heteroatoms. The van der Waals surface area contributed by atoms with E-state index in [2.05, 4.69) is 24.3 Å². The Labute approximate surface area is 60.4 Å². The van der Waals surface area contributed by atoms with Crippen LogP contribution in [0.5, 0.6) is 0 Å². The molecule has 0 aromatic heterocycles. The maximum atomic E-state index is 9.15. The van der Waals surface area contributed by atoms with Gasteiger partial charge in [0.15, 0.2) is 6.66 Å². The summed E-state index contributed by atoms with van der Waals surface area (Å²) in [7, 11) is -1.87. The number of benzene rings is 1. The lowest BCUT2D eigenvalue weighted by atomic mass is 9.95. The summed E-state index contributed by atoms with van der Waals surface area (Å²) in [6, 6.07) is 8.48. The predicted octanol–water partition coefficient (Wildman–Crippen LogP) is 2.02. The molecule has 2 aliphatic rings. The summed E-state index contributed by atoms with van der Waals surface area (Å²) in [5.41, 5.74) is 2.85. The van der Waals surface area contributed by atoms with Crippen LogP contribution in [-0.4, -0.2) is 11.6 Å². The molecule has 0 bridgehead atoms. The third-order valence-corrected chi connectivity index (χ3v) is 1.22. The molecule has 0 aromatic rings. The van der Waals surface area contributed by atoms with E-state index in [0.29, 0.717) is 0 Å². The Hall–Kier alpha value is -0.720. The van der Waals surface area contributed by atoms with E-state index in [9.17, 15) is 0 Å². The first-order valence-electron chi connectivity index (χ1n) is 2.90. The lowest BCUT2D eigenvalue weighted by Gasteiger charge is -2.10. The molecule has 1 atom stereocenters. The summed E-state index contributed by atoms with van der Waals surface area (Å²) < 4.78 is 9.15. The van der Waals surface area contributed by atoms with Crippen molar-refractivity contribution >= 4 is 8.03 Å². The van der Waals surface area contributed by atoms with Crippen LogP contribution in [0.15, 0.2) is 24.3 Å². The van der Waals surface area contributed by atoms with Crippen molar-refractivity contribution in [1.82, 2.24) is 0 Å². The highest BCUT2D eigenvalue weighted by atomic mass is 31.1. The first kappa shape index (κ1) is 7.39. The molecule has 0 aromatic carbocycles. The number of hydrogen-bond donors (Lipinski definition) is 1. The average Bonchev–Trinajstić information content (AvgIpc) is 1.77. The minimum atomic E-state index is -1.87. The van der Waals surface area contributed by atoms with Crippen LogP contribution in [0.2, 0.25) is 0 Å². The quantitative estimate of drug-likeness (QED) is 0.591. The average molecular weight is 155 g/mol. The molecule has 0 heterocycles. The van der Waals surface area contributed by atoms with E-state index in [4.69, 9.17) is 9.46 Å². The van der Waals surface area contributed by atoms with Crippen LogP contribution in [-0.2, 0) is 4.57 Å². The number of rotatable bonds is 0. The van der Waals surface area contributed by atoms with E-state index in [-0.39, 0.29) is 0 Å². The molecular weight excluding hydrogens is 147 g/mol. The molecule has 0 radical (unpaired) electrons. The molecule has 0 aliphatic heterocycles. The zero-order chi connectivity index (χ0) is 7.56. The van der Waals surface area contributed by atoms with Crippen molar-refractivity contribution in [3.05, 3.63) is 24.3 Å². The third kappa shape index (κ3) is 1.63. The Morgan fingerprint density at radius 2 is 1.40 bits per heavy atom. The van der Waals surface area contributed by atoms with Gasteiger partial charge in [0.25, 0.3) is 0 Å².